The van der Waals surface area contributed by atoms with Crippen LogP contribution in [0.15, 0.2) is 91.0 Å². The molecule has 3 aromatic rings. The van der Waals surface area contributed by atoms with Crippen molar-refractivity contribution in [1.29, 1.82) is 0 Å². The van der Waals surface area contributed by atoms with E-state index in [4.69, 9.17) is 0 Å². The molecule has 0 aliphatic carbocycles. The molecule has 0 fully saturated rings. The summed E-state index contributed by atoms with van der Waals surface area (Å²) in [5.41, 5.74) is 0. The van der Waals surface area contributed by atoms with E-state index in [1.54, 1.807) is 0 Å². The molecular formula is C19H19Br2MgP. The average molecular weight is 462 g/mol. The fourth-order valence-corrected chi connectivity index (χ4v) is 6.39. The molecule has 0 saturated heterocycles. The van der Waals surface area contributed by atoms with Crippen LogP contribution in [0.4, 0.5) is 0 Å². The Hall–Kier alpha value is -0.184. The molecule has 4 heteroatoms. The zero-order chi connectivity index (χ0) is 16.5. The van der Waals surface area contributed by atoms with E-state index in [0.29, 0.717) is 0 Å². The first-order chi connectivity index (χ1) is 11.2. The van der Waals surface area contributed by atoms with Crippen LogP contribution < -0.4 is 15.9 Å². The quantitative estimate of drug-likeness (QED) is 0.393. The molecule has 0 radical (unpaired) electrons. The topological polar surface area (TPSA) is 0 Å². The third-order valence-corrected chi connectivity index (χ3v) is 8.52. The van der Waals surface area contributed by atoms with E-state index in [1.807, 2.05) is 0 Å². The van der Waals surface area contributed by atoms with Crippen molar-refractivity contribution < 1.29 is 0 Å². The van der Waals surface area contributed by atoms with E-state index in [-0.39, 0.29) is 16.0 Å². The standard InChI is InChI=1S/C19H19P.2BrH.Mg/c1-20(17-11-5-2-6-12-17,18-13-7-3-8-14-18)19-15-9-4-10-16-19;;;/h2-16,20H,1H3;2*1H;/q;;;+2/p-2. The van der Waals surface area contributed by atoms with E-state index < -0.39 is 7.26 Å². The van der Waals surface area contributed by atoms with Gasteiger partial charge in [0.15, 0.2) is 0 Å². The SMILES string of the molecule is C[PH](c1ccccc1)(c1ccccc1)c1ccccc1.[Br][Mg][Br]. The zero-order valence-electron chi connectivity index (χ0n) is 13.1. The average Bonchev–Trinajstić information content (AvgIpc) is 2.64. The number of hydrogen-bond acceptors (Lipinski definition) is 0. The summed E-state index contributed by atoms with van der Waals surface area (Å²) in [6.45, 7) is 2.44. The van der Waals surface area contributed by atoms with Crippen LogP contribution >= 0.6 is 33.0 Å². The van der Waals surface area contributed by atoms with Gasteiger partial charge in [0.1, 0.15) is 0 Å². The van der Waals surface area contributed by atoms with Crippen molar-refractivity contribution in [3.8, 4) is 0 Å². The van der Waals surface area contributed by atoms with Crippen molar-refractivity contribution in [2.24, 2.45) is 0 Å². The summed E-state index contributed by atoms with van der Waals surface area (Å²) in [4.78, 5) is 0. The number of rotatable bonds is 3. The predicted octanol–water partition coefficient (Wildman–Crippen LogP) is 4.65. The molecule has 0 bridgehead atoms. The van der Waals surface area contributed by atoms with Gasteiger partial charge in [-0.1, -0.05) is 0 Å². The van der Waals surface area contributed by atoms with Gasteiger partial charge >= 0.3 is 137 Å². The molecule has 23 heavy (non-hydrogen) atoms. The van der Waals surface area contributed by atoms with Gasteiger partial charge in [0.25, 0.3) is 0 Å². The van der Waals surface area contributed by atoms with Crippen LogP contribution in [0.3, 0.4) is 0 Å². The monoisotopic (exact) mass is 460 g/mol. The molecule has 0 spiro atoms. The number of hydrogen-bond donors (Lipinski definition) is 0. The van der Waals surface area contributed by atoms with E-state index in [2.05, 4.69) is 123 Å². The summed E-state index contributed by atoms with van der Waals surface area (Å²) < 4.78 is 0. The second-order valence-corrected chi connectivity index (χ2v) is 17.4. The Kier molecular flexibility index (Phi) is 8.29. The molecule has 0 nitrogen and oxygen atoms in total. The van der Waals surface area contributed by atoms with E-state index >= 15 is 0 Å². The van der Waals surface area contributed by atoms with Gasteiger partial charge in [0, 0.05) is 0 Å². The Balaban J connectivity index is 0.000000595. The molecule has 3 aromatic carbocycles. The Labute approximate surface area is 161 Å². The summed E-state index contributed by atoms with van der Waals surface area (Å²) >= 11 is 6.44. The van der Waals surface area contributed by atoms with Crippen LogP contribution in [0.2, 0.25) is 0 Å². The zero-order valence-corrected chi connectivity index (χ0v) is 18.7. The first-order valence-electron chi connectivity index (χ1n) is 7.52. The Morgan fingerprint density at radius 1 is 0.565 bits per heavy atom. The van der Waals surface area contributed by atoms with Crippen molar-refractivity contribution in [1.82, 2.24) is 0 Å². The van der Waals surface area contributed by atoms with Crippen LogP contribution in [0.25, 0.3) is 0 Å². The maximum Gasteiger partial charge on any atom is 0.560 e. The van der Waals surface area contributed by atoms with Crippen LogP contribution in [0, 0.1) is 0 Å². The van der Waals surface area contributed by atoms with Gasteiger partial charge in [-0.25, -0.2) is 0 Å². The molecule has 0 amide bonds. The fourth-order valence-electron chi connectivity index (χ4n) is 2.81. The van der Waals surface area contributed by atoms with Crippen molar-refractivity contribution in [3.05, 3.63) is 91.0 Å². The van der Waals surface area contributed by atoms with Gasteiger partial charge in [0.05, 0.1) is 0 Å². The molecule has 0 unspecified atom stereocenters. The molecule has 0 heterocycles. The predicted molar refractivity (Wildman–Crippen MR) is 116 cm³/mol. The van der Waals surface area contributed by atoms with E-state index in [9.17, 15) is 0 Å². The molecule has 0 aliphatic heterocycles. The molecule has 0 N–H and O–H groups in total. The van der Waals surface area contributed by atoms with Crippen molar-refractivity contribution in [3.63, 3.8) is 0 Å². The molecular weight excluding hydrogens is 443 g/mol. The fraction of sp³-hybridized carbons (Fsp3) is 0.0526. The minimum atomic E-state index is -1.88. The van der Waals surface area contributed by atoms with Crippen molar-refractivity contribution >= 4 is 65.0 Å². The summed E-state index contributed by atoms with van der Waals surface area (Å²) in [7, 11) is -1.88. The van der Waals surface area contributed by atoms with Gasteiger partial charge < -0.3 is 0 Å². The number of halogens is 2. The minimum absolute atomic E-state index is 0.0417. The molecule has 3 rings (SSSR count). The summed E-state index contributed by atoms with van der Waals surface area (Å²) in [5.74, 6) is 0. The van der Waals surface area contributed by atoms with Gasteiger partial charge in [-0.3, -0.25) is 25.8 Å². The first-order valence-corrected chi connectivity index (χ1v) is 17.8. The van der Waals surface area contributed by atoms with Crippen molar-refractivity contribution in [2.45, 2.75) is 0 Å². The maximum atomic E-state index is 3.20. The molecule has 0 aliphatic rings. The molecule has 0 saturated carbocycles. The second kappa shape index (κ2) is 9.95. The van der Waals surface area contributed by atoms with Crippen LogP contribution in [-0.2, 0) is 0 Å². The summed E-state index contributed by atoms with van der Waals surface area (Å²) in [6.07, 6.45) is 0. The van der Waals surface area contributed by atoms with Gasteiger partial charge in [-0.05, 0) is 0 Å². The van der Waals surface area contributed by atoms with E-state index in [0.717, 1.165) is 0 Å². The third-order valence-electron chi connectivity index (χ3n) is 4.05. The normalized spacial score (nSPS) is 10.9. The van der Waals surface area contributed by atoms with Crippen LogP contribution in [0.5, 0.6) is 0 Å². The van der Waals surface area contributed by atoms with Gasteiger partial charge in [0.2, 0.25) is 0 Å². The van der Waals surface area contributed by atoms with Gasteiger partial charge in [-0.2, -0.15) is 0 Å². The summed E-state index contributed by atoms with van der Waals surface area (Å²) in [5, 5.41) is 4.37. The minimum Gasteiger partial charge on any atom is -0.280 e. The largest absolute Gasteiger partial charge is 0.560 e. The second-order valence-electron chi connectivity index (χ2n) is 5.32. The summed E-state index contributed by atoms with van der Waals surface area (Å²) in [6, 6.07) is 32.8. The Morgan fingerprint density at radius 2 is 0.783 bits per heavy atom. The first kappa shape index (κ1) is 19.1. The van der Waals surface area contributed by atoms with Crippen molar-refractivity contribution in [2.75, 3.05) is 6.66 Å². The Morgan fingerprint density at radius 3 is 1.00 bits per heavy atom. The molecule has 0 atom stereocenters. The number of benzene rings is 3. The maximum absolute atomic E-state index is 3.20. The third kappa shape index (κ3) is 4.90. The Bertz CT molecular complexity index is 594. The molecule has 116 valence electrons. The van der Waals surface area contributed by atoms with Crippen LogP contribution in [-0.4, -0.2) is 22.7 Å². The van der Waals surface area contributed by atoms with Crippen LogP contribution in [0.1, 0.15) is 0 Å². The molecule has 0 aromatic heterocycles. The smallest absolute Gasteiger partial charge is 0.280 e. The van der Waals surface area contributed by atoms with Gasteiger partial charge in [-0.15, -0.1) is 0 Å². The van der Waals surface area contributed by atoms with E-state index in [1.165, 1.54) is 15.9 Å².